The van der Waals surface area contributed by atoms with Crippen LogP contribution < -0.4 is 0 Å². The van der Waals surface area contributed by atoms with E-state index in [1.165, 1.54) is 0 Å². The average molecular weight is 588 g/mol. The lowest BCUT2D eigenvalue weighted by Crippen LogP contribution is -2.62. The fourth-order valence-electron chi connectivity index (χ4n) is 3.06. The summed E-state index contributed by atoms with van der Waals surface area (Å²) in [7, 11) is 0. The maximum atomic E-state index is 12.3. The van der Waals surface area contributed by atoms with Gasteiger partial charge in [0.25, 0.3) is 0 Å². The van der Waals surface area contributed by atoms with Gasteiger partial charge in [-0.1, -0.05) is 0 Å². The third-order valence-electron chi connectivity index (χ3n) is 4.85. The molecule has 0 saturated carbocycles. The number of hydrogen-bond acceptors (Lipinski definition) is 22. The van der Waals surface area contributed by atoms with E-state index < -0.39 is 134 Å². The number of hydrogen-bond donors (Lipinski definition) is 5. The van der Waals surface area contributed by atoms with Crippen LogP contribution in [0.4, 0.5) is 0 Å². The van der Waals surface area contributed by atoms with Crippen LogP contribution in [0.1, 0.15) is 25.7 Å². The van der Waals surface area contributed by atoms with Gasteiger partial charge < -0.3 is 70.4 Å². The summed E-state index contributed by atoms with van der Waals surface area (Å²) in [4.78, 5) is 48.7. The van der Waals surface area contributed by atoms with E-state index in [4.69, 9.17) is 44.5 Å². The van der Waals surface area contributed by atoms with Crippen molar-refractivity contribution in [3.8, 4) is 0 Å². The lowest BCUT2D eigenvalue weighted by atomic mass is 9.98. The number of rotatable bonds is 17. The molecule has 0 spiro atoms. The quantitative estimate of drug-likeness (QED) is 0.0655. The second-order valence-electron chi connectivity index (χ2n) is 7.91. The van der Waals surface area contributed by atoms with Crippen LogP contribution in [0.15, 0.2) is 0 Å². The third-order valence-corrected chi connectivity index (χ3v) is 4.85. The van der Waals surface area contributed by atoms with Crippen molar-refractivity contribution in [3.05, 3.63) is 20.8 Å². The van der Waals surface area contributed by atoms with Crippen molar-refractivity contribution >= 4 is 23.9 Å². The molecule has 0 aromatic rings. The molecule has 1 heterocycles. The normalized spacial score (nSPS) is 23.0. The number of aliphatic hydroxyl groups is 1. The molecular formula is C18H28N4O18-4. The van der Waals surface area contributed by atoms with Crippen LogP contribution in [0.5, 0.6) is 0 Å². The van der Waals surface area contributed by atoms with Crippen molar-refractivity contribution in [2.24, 2.45) is 0 Å². The van der Waals surface area contributed by atoms with Crippen LogP contribution in [0.25, 0.3) is 0 Å². The average Bonchev–Trinajstić information content (AvgIpc) is 2.86. The molecule has 22 nitrogen and oxygen atoms in total. The summed E-state index contributed by atoms with van der Waals surface area (Å²) >= 11 is 0. The van der Waals surface area contributed by atoms with Gasteiger partial charge in [-0.15, -0.1) is 0 Å². The van der Waals surface area contributed by atoms with Crippen LogP contribution in [0.3, 0.4) is 0 Å². The van der Waals surface area contributed by atoms with Gasteiger partial charge in [0.1, 0.15) is 12.7 Å². The highest BCUT2D eigenvalue weighted by Gasteiger charge is 2.52. The first kappa shape index (κ1) is 35.3. The van der Waals surface area contributed by atoms with Crippen LogP contribution >= 0.6 is 0 Å². The SMILES string of the molecule is O=C(CCN([O-])O)OC[C@H]1O[C@H](O)[C@H](OC(=O)CCN([O-])O)[C@@H](OC(=O)CCN([O-])O)[C@@H]1OC(=O)CCN([O-])O. The number of esters is 4. The van der Waals surface area contributed by atoms with E-state index in [1.807, 2.05) is 0 Å². The van der Waals surface area contributed by atoms with Crippen molar-refractivity contribution in [1.29, 1.82) is 0 Å². The fraction of sp³-hybridized carbons (Fsp3) is 0.778. The molecule has 1 rings (SSSR count). The standard InChI is InChI=1S/C18H28N4O18/c23-11(1-5-19(28)29)36-9-10-15(38-12(24)2-6-20(30)31)16(39-13(25)3-7-21(32)33)17(18(27)37-10)40-14(26)4-8-22(34)35/h10,15-18,27-28,30,32,34H,1-9H2/q-4/t10-,15-,16+,17-,18+/m1/s1. The first-order chi connectivity index (χ1) is 18.7. The molecule has 0 unspecified atom stereocenters. The second-order valence-corrected chi connectivity index (χ2v) is 7.91. The number of nitrogens with zero attached hydrogens (tertiary/aromatic N) is 4. The number of ether oxygens (including phenoxy) is 5. The van der Waals surface area contributed by atoms with Crippen molar-refractivity contribution in [2.75, 3.05) is 32.8 Å². The molecule has 1 fully saturated rings. The Morgan fingerprint density at radius 1 is 0.600 bits per heavy atom. The highest BCUT2D eigenvalue weighted by atomic mass is 16.8. The van der Waals surface area contributed by atoms with Crippen LogP contribution in [-0.4, -0.2) is 134 Å². The van der Waals surface area contributed by atoms with Crippen LogP contribution in [-0.2, 0) is 42.9 Å². The van der Waals surface area contributed by atoms with E-state index in [0.717, 1.165) is 0 Å². The maximum Gasteiger partial charge on any atom is 0.307 e. The molecule has 22 heteroatoms. The van der Waals surface area contributed by atoms with E-state index in [1.54, 1.807) is 0 Å². The Labute approximate surface area is 224 Å². The lowest BCUT2D eigenvalue weighted by molar-refractivity contribution is -0.297. The predicted octanol–water partition coefficient (Wildman–Crippen LogP) is -2.70. The van der Waals surface area contributed by atoms with Gasteiger partial charge >= 0.3 is 23.9 Å². The molecule has 40 heavy (non-hydrogen) atoms. The van der Waals surface area contributed by atoms with Gasteiger partial charge in [0.05, 0.1) is 25.7 Å². The number of hydroxylamine groups is 8. The highest BCUT2D eigenvalue weighted by Crippen LogP contribution is 2.29. The fourth-order valence-corrected chi connectivity index (χ4v) is 3.06. The maximum absolute atomic E-state index is 12.3. The number of carbonyl (C=O) groups is 4. The Morgan fingerprint density at radius 3 is 1.35 bits per heavy atom. The minimum Gasteiger partial charge on any atom is -0.762 e. The van der Waals surface area contributed by atoms with E-state index in [2.05, 4.69) is 0 Å². The van der Waals surface area contributed by atoms with E-state index >= 15 is 0 Å². The molecule has 232 valence electrons. The Morgan fingerprint density at radius 2 is 0.950 bits per heavy atom. The predicted molar refractivity (Wildman–Crippen MR) is 117 cm³/mol. The van der Waals surface area contributed by atoms with Crippen LogP contribution in [0.2, 0.25) is 0 Å². The highest BCUT2D eigenvalue weighted by molar-refractivity contribution is 5.72. The summed E-state index contributed by atoms with van der Waals surface area (Å²) in [5.74, 6) is -4.80. The zero-order chi connectivity index (χ0) is 30.4. The van der Waals surface area contributed by atoms with E-state index in [9.17, 15) is 45.1 Å². The van der Waals surface area contributed by atoms with Gasteiger partial charge in [-0.05, 0) is 0 Å². The largest absolute Gasteiger partial charge is 0.762 e. The van der Waals surface area contributed by atoms with Gasteiger partial charge in [0, 0.05) is 26.2 Å². The smallest absolute Gasteiger partial charge is 0.307 e. The zero-order valence-electron chi connectivity index (χ0n) is 20.6. The minimum atomic E-state index is -2.17. The molecule has 5 atom stereocenters. The number of aliphatic hydroxyl groups excluding tert-OH is 1. The first-order valence-electron chi connectivity index (χ1n) is 11.3. The Balaban J connectivity index is 3.24. The van der Waals surface area contributed by atoms with E-state index in [0.29, 0.717) is 0 Å². The summed E-state index contributed by atoms with van der Waals surface area (Å²) < 4.78 is 25.4. The molecule has 0 aromatic heterocycles. The minimum absolute atomic E-state index is 0.556. The third kappa shape index (κ3) is 14.1. The van der Waals surface area contributed by atoms with Crippen molar-refractivity contribution in [3.63, 3.8) is 0 Å². The first-order valence-corrected chi connectivity index (χ1v) is 11.3. The zero-order valence-corrected chi connectivity index (χ0v) is 20.6. The van der Waals surface area contributed by atoms with Crippen molar-refractivity contribution < 1.29 is 68.8 Å². The van der Waals surface area contributed by atoms with Crippen molar-refractivity contribution in [2.45, 2.75) is 56.4 Å². The molecule has 0 aliphatic carbocycles. The topological polar surface area (TPSA) is 321 Å². The van der Waals surface area contributed by atoms with E-state index in [-0.39, 0.29) is 0 Å². The monoisotopic (exact) mass is 588 g/mol. The summed E-state index contributed by atoms with van der Waals surface area (Å²) in [6, 6.07) is 0. The molecule has 1 aliphatic heterocycles. The Hall–Kier alpha value is -2.68. The van der Waals surface area contributed by atoms with Gasteiger partial charge in [0.2, 0.25) is 0 Å². The lowest BCUT2D eigenvalue weighted by Gasteiger charge is -2.43. The summed E-state index contributed by atoms with van der Waals surface area (Å²) in [5, 5.41) is 85.6. The van der Waals surface area contributed by atoms with Gasteiger partial charge in [-0.2, -0.15) is 0 Å². The molecule has 0 amide bonds. The van der Waals surface area contributed by atoms with Gasteiger partial charge in [0.15, 0.2) is 24.6 Å². The van der Waals surface area contributed by atoms with Gasteiger partial charge in [-0.3, -0.25) is 40.1 Å². The summed E-state index contributed by atoms with van der Waals surface area (Å²) in [6.07, 6.45) is -12.6. The number of carbonyl (C=O) groups excluding carboxylic acids is 4. The molecule has 5 N–H and O–H groups in total. The second kappa shape index (κ2) is 17.9. The van der Waals surface area contributed by atoms with Crippen molar-refractivity contribution in [1.82, 2.24) is 20.9 Å². The van der Waals surface area contributed by atoms with Gasteiger partial charge in [-0.25, -0.2) is 0 Å². The summed E-state index contributed by atoms with van der Waals surface area (Å²) in [6.45, 7) is -3.89. The molecule has 0 radical (unpaired) electrons. The summed E-state index contributed by atoms with van der Waals surface area (Å²) in [5.41, 5.74) is 0. The Kier molecular flexibility index (Phi) is 15.8. The molecule has 0 aromatic carbocycles. The van der Waals surface area contributed by atoms with Crippen LogP contribution in [0, 0.1) is 20.8 Å². The molecule has 1 aliphatic rings. The Bertz CT molecular complexity index is 814. The molecule has 0 bridgehead atoms. The molecule has 1 saturated heterocycles. The molecular weight excluding hydrogens is 560 g/mol.